The molecule has 0 aliphatic heterocycles. The minimum absolute atomic E-state index is 0.171. The van der Waals surface area contributed by atoms with Gasteiger partial charge in [-0.1, -0.05) is 11.6 Å². The number of carbonyl (C=O) groups excluding carboxylic acids is 1. The molecule has 16 heavy (non-hydrogen) atoms. The molecule has 0 saturated heterocycles. The molecule has 82 valence electrons. The SMILES string of the molecule is COc1cc(Cl)cc2c3c([nH]c12)C(=O)CC3. The van der Waals surface area contributed by atoms with Crippen molar-refractivity contribution in [2.24, 2.45) is 0 Å². The summed E-state index contributed by atoms with van der Waals surface area (Å²) in [6.07, 6.45) is 1.38. The van der Waals surface area contributed by atoms with Crippen LogP contribution in [-0.4, -0.2) is 17.9 Å². The van der Waals surface area contributed by atoms with Gasteiger partial charge in [-0.3, -0.25) is 4.79 Å². The molecule has 0 unspecified atom stereocenters. The van der Waals surface area contributed by atoms with Crippen LogP contribution in [0.15, 0.2) is 12.1 Å². The number of hydrogen-bond acceptors (Lipinski definition) is 2. The van der Waals surface area contributed by atoms with Crippen LogP contribution in [0.4, 0.5) is 0 Å². The molecule has 3 rings (SSSR count). The molecular weight excluding hydrogens is 226 g/mol. The van der Waals surface area contributed by atoms with E-state index in [1.807, 2.05) is 6.07 Å². The Morgan fingerprint density at radius 1 is 1.38 bits per heavy atom. The monoisotopic (exact) mass is 235 g/mol. The van der Waals surface area contributed by atoms with E-state index in [1.54, 1.807) is 13.2 Å². The van der Waals surface area contributed by atoms with Crippen LogP contribution in [0.3, 0.4) is 0 Å². The van der Waals surface area contributed by atoms with Crippen molar-refractivity contribution in [3.63, 3.8) is 0 Å². The first-order valence-electron chi connectivity index (χ1n) is 5.12. The van der Waals surface area contributed by atoms with Gasteiger partial charge in [0.25, 0.3) is 0 Å². The van der Waals surface area contributed by atoms with E-state index in [4.69, 9.17) is 16.3 Å². The summed E-state index contributed by atoms with van der Waals surface area (Å²) in [6, 6.07) is 3.63. The lowest BCUT2D eigenvalue weighted by molar-refractivity contribution is 0.0991. The number of ketones is 1. The maximum absolute atomic E-state index is 11.6. The number of aromatic nitrogens is 1. The Hall–Kier alpha value is -1.48. The van der Waals surface area contributed by atoms with Crippen molar-refractivity contribution in [2.75, 3.05) is 7.11 Å². The molecule has 0 fully saturated rings. The van der Waals surface area contributed by atoms with E-state index >= 15 is 0 Å². The van der Waals surface area contributed by atoms with Gasteiger partial charge in [0, 0.05) is 22.9 Å². The second-order valence-corrected chi connectivity index (χ2v) is 4.37. The fourth-order valence-corrected chi connectivity index (χ4v) is 2.51. The standard InChI is InChI=1S/C12H10ClNO2/c1-16-10-5-6(13)4-8-7-2-3-9(15)11(7)14-12(8)10/h4-5,14H,2-3H2,1H3. The summed E-state index contributed by atoms with van der Waals surface area (Å²) in [5.41, 5.74) is 2.65. The lowest BCUT2D eigenvalue weighted by Gasteiger charge is -2.03. The van der Waals surface area contributed by atoms with Gasteiger partial charge in [-0.05, 0) is 18.1 Å². The van der Waals surface area contributed by atoms with Gasteiger partial charge in [-0.25, -0.2) is 0 Å². The molecule has 2 aromatic rings. The molecule has 3 nitrogen and oxygen atoms in total. The van der Waals surface area contributed by atoms with Crippen LogP contribution >= 0.6 is 11.6 Å². The van der Waals surface area contributed by atoms with Gasteiger partial charge in [0.05, 0.1) is 18.3 Å². The molecule has 0 radical (unpaired) electrons. The lowest BCUT2D eigenvalue weighted by Crippen LogP contribution is -1.92. The highest BCUT2D eigenvalue weighted by molar-refractivity contribution is 6.31. The van der Waals surface area contributed by atoms with Crippen molar-refractivity contribution >= 4 is 28.3 Å². The molecular formula is C12H10ClNO2. The average Bonchev–Trinajstić information content (AvgIpc) is 2.79. The van der Waals surface area contributed by atoms with E-state index in [1.165, 1.54) is 0 Å². The van der Waals surface area contributed by atoms with Gasteiger partial charge in [-0.2, -0.15) is 0 Å². The van der Waals surface area contributed by atoms with E-state index in [2.05, 4.69) is 4.98 Å². The number of carbonyl (C=O) groups is 1. The highest BCUT2D eigenvalue weighted by Crippen LogP contribution is 2.36. The van der Waals surface area contributed by atoms with Crippen LogP contribution < -0.4 is 4.74 Å². The number of ether oxygens (including phenoxy) is 1. The third-order valence-electron chi connectivity index (χ3n) is 3.04. The molecule has 1 aromatic carbocycles. The molecule has 1 aliphatic rings. The number of methoxy groups -OCH3 is 1. The maximum atomic E-state index is 11.6. The zero-order valence-corrected chi connectivity index (χ0v) is 9.52. The van der Waals surface area contributed by atoms with Gasteiger partial charge < -0.3 is 9.72 Å². The molecule has 0 amide bonds. The van der Waals surface area contributed by atoms with Crippen molar-refractivity contribution in [2.45, 2.75) is 12.8 Å². The predicted octanol–water partition coefficient (Wildman–Crippen LogP) is 2.96. The van der Waals surface area contributed by atoms with E-state index in [9.17, 15) is 4.79 Å². The van der Waals surface area contributed by atoms with Crippen LogP contribution in [-0.2, 0) is 6.42 Å². The highest BCUT2D eigenvalue weighted by Gasteiger charge is 2.25. The first-order valence-corrected chi connectivity index (χ1v) is 5.50. The number of rotatable bonds is 1. The number of nitrogens with one attached hydrogen (secondary N) is 1. The number of benzene rings is 1. The first kappa shape index (κ1) is 9.73. The fourth-order valence-electron chi connectivity index (χ4n) is 2.31. The largest absolute Gasteiger partial charge is 0.495 e. The summed E-state index contributed by atoms with van der Waals surface area (Å²) in [5.74, 6) is 0.856. The second kappa shape index (κ2) is 3.25. The lowest BCUT2D eigenvalue weighted by atomic mass is 10.1. The van der Waals surface area contributed by atoms with Crippen LogP contribution in [0, 0.1) is 0 Å². The van der Waals surface area contributed by atoms with Gasteiger partial charge in [0.1, 0.15) is 5.75 Å². The summed E-state index contributed by atoms with van der Waals surface area (Å²) in [4.78, 5) is 14.8. The summed E-state index contributed by atoms with van der Waals surface area (Å²) in [6.45, 7) is 0. The zero-order chi connectivity index (χ0) is 11.3. The molecule has 1 heterocycles. The first-order chi connectivity index (χ1) is 7.70. The van der Waals surface area contributed by atoms with E-state index in [0.29, 0.717) is 17.2 Å². The van der Waals surface area contributed by atoms with Crippen molar-refractivity contribution < 1.29 is 9.53 Å². The number of fused-ring (bicyclic) bond motifs is 3. The van der Waals surface area contributed by atoms with Crippen LogP contribution in [0.25, 0.3) is 10.9 Å². The Morgan fingerprint density at radius 3 is 2.94 bits per heavy atom. The highest BCUT2D eigenvalue weighted by atomic mass is 35.5. The summed E-state index contributed by atoms with van der Waals surface area (Å²) in [7, 11) is 1.60. The topological polar surface area (TPSA) is 42.1 Å². The molecule has 4 heteroatoms. The molecule has 0 atom stereocenters. The molecule has 0 saturated carbocycles. The quantitative estimate of drug-likeness (QED) is 0.826. The summed E-state index contributed by atoms with van der Waals surface area (Å²) >= 11 is 6.02. The van der Waals surface area contributed by atoms with Gasteiger partial charge in [-0.15, -0.1) is 0 Å². The Balaban J connectivity index is 2.40. The minimum atomic E-state index is 0.171. The van der Waals surface area contributed by atoms with Gasteiger partial charge in [0.15, 0.2) is 5.78 Å². The molecule has 0 spiro atoms. The van der Waals surface area contributed by atoms with Crippen LogP contribution in [0.5, 0.6) is 5.75 Å². The van der Waals surface area contributed by atoms with Crippen LogP contribution in [0.1, 0.15) is 22.5 Å². The Kier molecular flexibility index (Phi) is 1.98. The number of aryl methyl sites for hydroxylation is 1. The van der Waals surface area contributed by atoms with Crippen molar-refractivity contribution in [3.8, 4) is 5.75 Å². The van der Waals surface area contributed by atoms with Crippen molar-refractivity contribution in [1.82, 2.24) is 4.98 Å². The Labute approximate surface area is 97.4 Å². The molecule has 1 N–H and O–H groups in total. The number of hydrogen-bond donors (Lipinski definition) is 1. The van der Waals surface area contributed by atoms with Gasteiger partial charge in [0.2, 0.25) is 0 Å². The average molecular weight is 236 g/mol. The minimum Gasteiger partial charge on any atom is -0.495 e. The van der Waals surface area contributed by atoms with E-state index in [0.717, 1.165) is 28.6 Å². The Bertz CT molecular complexity index is 601. The zero-order valence-electron chi connectivity index (χ0n) is 8.76. The summed E-state index contributed by atoms with van der Waals surface area (Å²) in [5, 5.41) is 1.63. The van der Waals surface area contributed by atoms with E-state index < -0.39 is 0 Å². The number of aromatic amines is 1. The van der Waals surface area contributed by atoms with Crippen molar-refractivity contribution in [1.29, 1.82) is 0 Å². The second-order valence-electron chi connectivity index (χ2n) is 3.93. The smallest absolute Gasteiger partial charge is 0.179 e. The molecule has 1 aromatic heterocycles. The number of halogens is 1. The summed E-state index contributed by atoms with van der Waals surface area (Å²) < 4.78 is 5.25. The van der Waals surface area contributed by atoms with E-state index in [-0.39, 0.29) is 5.78 Å². The van der Waals surface area contributed by atoms with Gasteiger partial charge >= 0.3 is 0 Å². The fraction of sp³-hybridized carbons (Fsp3) is 0.250. The molecule has 0 bridgehead atoms. The normalized spacial score (nSPS) is 14.5. The van der Waals surface area contributed by atoms with Crippen LogP contribution in [0.2, 0.25) is 5.02 Å². The predicted molar refractivity (Wildman–Crippen MR) is 62.5 cm³/mol. The molecule has 1 aliphatic carbocycles. The third-order valence-corrected chi connectivity index (χ3v) is 3.26. The Morgan fingerprint density at radius 2 is 2.19 bits per heavy atom. The number of Topliss-reactive ketones (excluding diaryl/α,β-unsaturated/α-hetero) is 1. The maximum Gasteiger partial charge on any atom is 0.179 e. The van der Waals surface area contributed by atoms with Crippen molar-refractivity contribution in [3.05, 3.63) is 28.4 Å². The third kappa shape index (κ3) is 1.18. The number of H-pyrrole nitrogens is 1.